The predicted molar refractivity (Wildman–Crippen MR) is 97.1 cm³/mol. The van der Waals surface area contributed by atoms with Gasteiger partial charge in [-0.25, -0.2) is 0 Å². The number of nitrogens with zero attached hydrogens (tertiary/aromatic N) is 1. The number of carbonyl (C=O) groups is 1. The summed E-state index contributed by atoms with van der Waals surface area (Å²) in [6, 6.07) is 12.0. The summed E-state index contributed by atoms with van der Waals surface area (Å²) in [6.07, 6.45) is 0.981. The van der Waals surface area contributed by atoms with Crippen molar-refractivity contribution in [3.63, 3.8) is 0 Å². The molecule has 0 saturated heterocycles. The topological polar surface area (TPSA) is 81.5 Å². The molecule has 2 rings (SSSR count). The minimum Gasteiger partial charge on any atom is -0.483 e. The Morgan fingerprint density at radius 2 is 2.00 bits per heavy atom. The lowest BCUT2D eigenvalue weighted by atomic mass is 9.98. The molecule has 0 aliphatic rings. The number of carbonyl (C=O) groups excluding carboxylic acids is 1. The number of amides is 1. The molecule has 25 heavy (non-hydrogen) atoms. The first kappa shape index (κ1) is 18.4. The first-order valence-corrected chi connectivity index (χ1v) is 8.19. The van der Waals surface area contributed by atoms with E-state index in [1.807, 2.05) is 24.3 Å². The Labute approximate surface area is 147 Å². The number of nitrogens with one attached hydrogen (secondary N) is 1. The molecule has 0 saturated carbocycles. The highest BCUT2D eigenvalue weighted by Crippen LogP contribution is 2.28. The number of para-hydroxylation sites is 1. The fourth-order valence-corrected chi connectivity index (χ4v) is 2.47. The Hall–Kier alpha value is -2.89. The van der Waals surface area contributed by atoms with Gasteiger partial charge in [0, 0.05) is 17.8 Å². The van der Waals surface area contributed by atoms with E-state index in [1.54, 1.807) is 6.92 Å². The number of hydrogen-bond acceptors (Lipinski definition) is 4. The fourth-order valence-electron chi connectivity index (χ4n) is 2.47. The Morgan fingerprint density at radius 1 is 1.28 bits per heavy atom. The molecule has 0 aliphatic heterocycles. The SMILES string of the molecule is CCC(C)c1ccccc1OCC(=O)Nc1ccc([N+](=O)[O-])cc1C. The van der Waals surface area contributed by atoms with Crippen molar-refractivity contribution in [1.29, 1.82) is 0 Å². The lowest BCUT2D eigenvalue weighted by Crippen LogP contribution is -2.21. The van der Waals surface area contributed by atoms with Crippen molar-refractivity contribution >= 4 is 17.3 Å². The van der Waals surface area contributed by atoms with Crippen LogP contribution in [-0.4, -0.2) is 17.4 Å². The van der Waals surface area contributed by atoms with Crippen LogP contribution in [0.25, 0.3) is 0 Å². The highest BCUT2D eigenvalue weighted by Gasteiger charge is 2.13. The zero-order valence-electron chi connectivity index (χ0n) is 14.6. The van der Waals surface area contributed by atoms with E-state index in [0.29, 0.717) is 22.9 Å². The van der Waals surface area contributed by atoms with Crippen molar-refractivity contribution in [1.82, 2.24) is 0 Å². The van der Waals surface area contributed by atoms with E-state index in [9.17, 15) is 14.9 Å². The van der Waals surface area contributed by atoms with Gasteiger partial charge in [0.25, 0.3) is 11.6 Å². The average Bonchev–Trinajstić information content (AvgIpc) is 2.61. The number of hydrogen-bond donors (Lipinski definition) is 1. The molecule has 132 valence electrons. The van der Waals surface area contributed by atoms with Crippen LogP contribution in [0.2, 0.25) is 0 Å². The van der Waals surface area contributed by atoms with Gasteiger partial charge in [-0.15, -0.1) is 0 Å². The summed E-state index contributed by atoms with van der Waals surface area (Å²) in [7, 11) is 0. The van der Waals surface area contributed by atoms with E-state index in [2.05, 4.69) is 19.2 Å². The molecule has 0 aliphatic carbocycles. The normalized spacial score (nSPS) is 11.6. The molecule has 2 aromatic rings. The number of non-ortho nitro benzene ring substituents is 1. The van der Waals surface area contributed by atoms with Crippen LogP contribution < -0.4 is 10.1 Å². The second kappa shape index (κ2) is 8.28. The number of ether oxygens (including phenoxy) is 1. The molecule has 6 heteroatoms. The number of rotatable bonds is 7. The number of benzene rings is 2. The standard InChI is InChI=1S/C19H22N2O4/c1-4-13(2)16-7-5-6-8-18(16)25-12-19(22)20-17-10-9-15(21(23)24)11-14(17)3/h5-11,13H,4,12H2,1-3H3,(H,20,22). The van der Waals surface area contributed by atoms with Crippen molar-refractivity contribution in [3.05, 3.63) is 63.7 Å². The van der Waals surface area contributed by atoms with Crippen LogP contribution in [0.5, 0.6) is 5.75 Å². The zero-order valence-corrected chi connectivity index (χ0v) is 14.6. The number of anilines is 1. The molecule has 1 amide bonds. The van der Waals surface area contributed by atoms with Crippen molar-refractivity contribution in [2.45, 2.75) is 33.1 Å². The summed E-state index contributed by atoms with van der Waals surface area (Å²) in [4.78, 5) is 22.4. The Balaban J connectivity index is 2.01. The van der Waals surface area contributed by atoms with Crippen LogP contribution in [0.15, 0.2) is 42.5 Å². The molecule has 0 fully saturated rings. The van der Waals surface area contributed by atoms with Crippen LogP contribution >= 0.6 is 0 Å². The molecule has 1 N–H and O–H groups in total. The van der Waals surface area contributed by atoms with E-state index in [1.165, 1.54) is 18.2 Å². The predicted octanol–water partition coefficient (Wildman–Crippen LogP) is 4.43. The van der Waals surface area contributed by atoms with Crippen LogP contribution in [0.4, 0.5) is 11.4 Å². The van der Waals surface area contributed by atoms with E-state index in [-0.39, 0.29) is 18.2 Å². The molecule has 1 unspecified atom stereocenters. The van der Waals surface area contributed by atoms with Crippen LogP contribution in [0, 0.1) is 17.0 Å². The third-order valence-electron chi connectivity index (χ3n) is 4.12. The van der Waals surface area contributed by atoms with Gasteiger partial charge in [0.05, 0.1) is 4.92 Å². The van der Waals surface area contributed by atoms with Gasteiger partial charge in [-0.05, 0) is 42.5 Å². The molecule has 0 aromatic heterocycles. The minimum atomic E-state index is -0.465. The molecule has 1 atom stereocenters. The summed E-state index contributed by atoms with van der Waals surface area (Å²) < 4.78 is 5.68. The highest BCUT2D eigenvalue weighted by molar-refractivity contribution is 5.92. The molecule has 0 spiro atoms. The van der Waals surface area contributed by atoms with Crippen molar-refractivity contribution in [2.75, 3.05) is 11.9 Å². The van der Waals surface area contributed by atoms with Crippen LogP contribution in [0.1, 0.15) is 37.3 Å². The summed E-state index contributed by atoms with van der Waals surface area (Å²) >= 11 is 0. The van der Waals surface area contributed by atoms with Gasteiger partial charge < -0.3 is 10.1 Å². The Bertz CT molecular complexity index is 774. The monoisotopic (exact) mass is 342 g/mol. The fraction of sp³-hybridized carbons (Fsp3) is 0.316. The Morgan fingerprint density at radius 3 is 2.64 bits per heavy atom. The van der Waals surface area contributed by atoms with Gasteiger partial charge in [0.15, 0.2) is 6.61 Å². The average molecular weight is 342 g/mol. The molecule has 0 heterocycles. The van der Waals surface area contributed by atoms with Gasteiger partial charge in [0.2, 0.25) is 0 Å². The largest absolute Gasteiger partial charge is 0.483 e. The maximum absolute atomic E-state index is 12.1. The quantitative estimate of drug-likeness (QED) is 0.596. The number of nitro groups is 1. The van der Waals surface area contributed by atoms with E-state index in [0.717, 1.165) is 12.0 Å². The van der Waals surface area contributed by atoms with Crippen LogP contribution in [0.3, 0.4) is 0 Å². The van der Waals surface area contributed by atoms with Crippen molar-refractivity contribution < 1.29 is 14.5 Å². The molecular formula is C19H22N2O4. The van der Waals surface area contributed by atoms with E-state index in [4.69, 9.17) is 4.74 Å². The van der Waals surface area contributed by atoms with E-state index < -0.39 is 4.92 Å². The van der Waals surface area contributed by atoms with Gasteiger partial charge in [-0.1, -0.05) is 32.0 Å². The second-order valence-corrected chi connectivity index (χ2v) is 5.94. The van der Waals surface area contributed by atoms with Crippen molar-refractivity contribution in [2.24, 2.45) is 0 Å². The number of nitro benzene ring substituents is 1. The van der Waals surface area contributed by atoms with Crippen LogP contribution in [-0.2, 0) is 4.79 Å². The summed E-state index contributed by atoms with van der Waals surface area (Å²) in [5.74, 6) is 0.736. The maximum atomic E-state index is 12.1. The third kappa shape index (κ3) is 4.79. The third-order valence-corrected chi connectivity index (χ3v) is 4.12. The first-order valence-electron chi connectivity index (χ1n) is 8.19. The maximum Gasteiger partial charge on any atom is 0.269 e. The molecule has 0 radical (unpaired) electrons. The van der Waals surface area contributed by atoms with Gasteiger partial charge in [0.1, 0.15) is 5.75 Å². The Kier molecular flexibility index (Phi) is 6.11. The lowest BCUT2D eigenvalue weighted by molar-refractivity contribution is -0.384. The summed E-state index contributed by atoms with van der Waals surface area (Å²) in [5, 5.41) is 13.5. The van der Waals surface area contributed by atoms with Gasteiger partial charge >= 0.3 is 0 Å². The highest BCUT2D eigenvalue weighted by atomic mass is 16.6. The molecular weight excluding hydrogens is 320 g/mol. The smallest absolute Gasteiger partial charge is 0.269 e. The molecule has 0 bridgehead atoms. The second-order valence-electron chi connectivity index (χ2n) is 5.94. The number of aryl methyl sites for hydroxylation is 1. The molecule has 6 nitrogen and oxygen atoms in total. The summed E-state index contributed by atoms with van der Waals surface area (Å²) in [6.45, 7) is 5.81. The summed E-state index contributed by atoms with van der Waals surface area (Å²) in [5.41, 5.74) is 2.23. The first-order chi connectivity index (χ1) is 11.9. The van der Waals surface area contributed by atoms with Crippen molar-refractivity contribution in [3.8, 4) is 5.75 Å². The minimum absolute atomic E-state index is 0.00534. The van der Waals surface area contributed by atoms with Gasteiger partial charge in [-0.3, -0.25) is 14.9 Å². The van der Waals surface area contributed by atoms with E-state index >= 15 is 0 Å². The molecule has 2 aromatic carbocycles. The lowest BCUT2D eigenvalue weighted by Gasteiger charge is -2.15. The van der Waals surface area contributed by atoms with Gasteiger partial charge in [-0.2, -0.15) is 0 Å². The zero-order chi connectivity index (χ0) is 18.4.